The van der Waals surface area contributed by atoms with Crippen LogP contribution in [0, 0.1) is 0 Å². The third-order valence-electron chi connectivity index (χ3n) is 4.32. The van der Waals surface area contributed by atoms with Gasteiger partial charge in [-0.15, -0.1) is 0 Å². The molecule has 1 aliphatic rings. The monoisotopic (exact) mass is 316 g/mol. The van der Waals surface area contributed by atoms with Crippen LogP contribution in [0.2, 0.25) is 0 Å². The van der Waals surface area contributed by atoms with Crippen LogP contribution in [-0.4, -0.2) is 54.8 Å². The molecule has 0 bridgehead atoms. The molecule has 2 heterocycles. The van der Waals surface area contributed by atoms with Gasteiger partial charge in [0.15, 0.2) is 0 Å². The molecule has 0 unspecified atom stereocenters. The summed E-state index contributed by atoms with van der Waals surface area (Å²) in [5, 5.41) is 1.13. The van der Waals surface area contributed by atoms with Gasteiger partial charge in [0.25, 0.3) is 5.91 Å². The van der Waals surface area contributed by atoms with Gasteiger partial charge < -0.3 is 19.4 Å². The SMILES string of the molecule is CCOCCOC1CCN(C(=O)c2ccc3cc[nH]c3c2)CC1. The Morgan fingerprint density at radius 3 is 2.87 bits per heavy atom. The predicted octanol–water partition coefficient (Wildman–Crippen LogP) is 2.83. The van der Waals surface area contributed by atoms with Gasteiger partial charge in [0.2, 0.25) is 0 Å². The number of ether oxygens (including phenoxy) is 2. The molecule has 0 spiro atoms. The number of carbonyl (C=O) groups is 1. The molecule has 1 aliphatic heterocycles. The molecule has 23 heavy (non-hydrogen) atoms. The quantitative estimate of drug-likeness (QED) is 0.834. The smallest absolute Gasteiger partial charge is 0.253 e. The van der Waals surface area contributed by atoms with E-state index >= 15 is 0 Å². The van der Waals surface area contributed by atoms with Gasteiger partial charge in [0, 0.05) is 37.0 Å². The van der Waals surface area contributed by atoms with Gasteiger partial charge >= 0.3 is 0 Å². The van der Waals surface area contributed by atoms with Crippen LogP contribution >= 0.6 is 0 Å². The predicted molar refractivity (Wildman–Crippen MR) is 89.7 cm³/mol. The Morgan fingerprint density at radius 1 is 1.26 bits per heavy atom. The van der Waals surface area contributed by atoms with Crippen molar-refractivity contribution in [3.63, 3.8) is 0 Å². The van der Waals surface area contributed by atoms with Crippen LogP contribution in [0.4, 0.5) is 0 Å². The van der Waals surface area contributed by atoms with E-state index in [-0.39, 0.29) is 12.0 Å². The second kappa shape index (κ2) is 7.62. The van der Waals surface area contributed by atoms with E-state index in [4.69, 9.17) is 9.47 Å². The highest BCUT2D eigenvalue weighted by Crippen LogP contribution is 2.19. The highest BCUT2D eigenvalue weighted by molar-refractivity contribution is 5.97. The first-order valence-corrected chi connectivity index (χ1v) is 8.33. The minimum absolute atomic E-state index is 0.106. The highest BCUT2D eigenvalue weighted by atomic mass is 16.5. The maximum absolute atomic E-state index is 12.6. The number of H-pyrrole nitrogens is 1. The van der Waals surface area contributed by atoms with Crippen molar-refractivity contribution in [3.8, 4) is 0 Å². The van der Waals surface area contributed by atoms with E-state index in [1.54, 1.807) is 0 Å². The molecule has 3 rings (SSSR count). The molecule has 1 aromatic carbocycles. The number of piperidine rings is 1. The summed E-state index contributed by atoms with van der Waals surface area (Å²) >= 11 is 0. The largest absolute Gasteiger partial charge is 0.379 e. The summed E-state index contributed by atoms with van der Waals surface area (Å²) in [6.07, 6.45) is 3.92. The molecule has 0 aliphatic carbocycles. The van der Waals surface area contributed by atoms with Crippen LogP contribution in [0.15, 0.2) is 30.5 Å². The second-order valence-electron chi connectivity index (χ2n) is 5.84. The first-order chi connectivity index (χ1) is 11.3. The Labute approximate surface area is 136 Å². The average molecular weight is 316 g/mol. The van der Waals surface area contributed by atoms with E-state index in [1.807, 2.05) is 42.3 Å². The maximum atomic E-state index is 12.6. The van der Waals surface area contributed by atoms with E-state index in [1.165, 1.54) is 0 Å². The molecule has 1 saturated heterocycles. The van der Waals surface area contributed by atoms with Gasteiger partial charge in [-0.25, -0.2) is 0 Å². The lowest BCUT2D eigenvalue weighted by Gasteiger charge is -2.32. The molecule has 0 atom stereocenters. The normalized spacial score (nSPS) is 16.1. The molecule has 1 N–H and O–H groups in total. The fourth-order valence-corrected chi connectivity index (χ4v) is 3.01. The summed E-state index contributed by atoms with van der Waals surface area (Å²) in [5.41, 5.74) is 1.75. The number of benzene rings is 1. The zero-order chi connectivity index (χ0) is 16.1. The third kappa shape index (κ3) is 3.92. The Hall–Kier alpha value is -1.85. The number of nitrogens with one attached hydrogen (secondary N) is 1. The van der Waals surface area contributed by atoms with Crippen molar-refractivity contribution in [1.82, 2.24) is 9.88 Å². The zero-order valence-corrected chi connectivity index (χ0v) is 13.6. The maximum Gasteiger partial charge on any atom is 0.253 e. The topological polar surface area (TPSA) is 54.6 Å². The van der Waals surface area contributed by atoms with E-state index in [0.717, 1.165) is 49.0 Å². The Morgan fingerprint density at radius 2 is 2.09 bits per heavy atom. The molecule has 5 nitrogen and oxygen atoms in total. The van der Waals surface area contributed by atoms with Gasteiger partial charge in [-0.1, -0.05) is 6.07 Å². The lowest BCUT2D eigenvalue weighted by molar-refractivity contribution is -0.0182. The molecule has 1 fully saturated rings. The summed E-state index contributed by atoms with van der Waals surface area (Å²) in [6, 6.07) is 7.84. The fourth-order valence-electron chi connectivity index (χ4n) is 3.01. The molecule has 0 saturated carbocycles. The zero-order valence-electron chi connectivity index (χ0n) is 13.6. The van der Waals surface area contributed by atoms with E-state index in [2.05, 4.69) is 4.98 Å². The molecule has 1 aromatic heterocycles. The number of likely N-dealkylation sites (tertiary alicyclic amines) is 1. The van der Waals surface area contributed by atoms with Gasteiger partial charge in [0.1, 0.15) is 0 Å². The summed E-state index contributed by atoms with van der Waals surface area (Å²) in [6.45, 7) is 5.49. The van der Waals surface area contributed by atoms with E-state index in [0.29, 0.717) is 13.2 Å². The van der Waals surface area contributed by atoms with Crippen LogP contribution < -0.4 is 0 Å². The Balaban J connectivity index is 1.51. The number of aromatic nitrogens is 1. The standard InChI is InChI=1S/C18H24N2O3/c1-2-22-11-12-23-16-6-9-20(10-7-16)18(21)15-4-3-14-5-8-19-17(14)13-15/h3-5,8,13,16,19H,2,6-7,9-12H2,1H3. The lowest BCUT2D eigenvalue weighted by Crippen LogP contribution is -2.41. The summed E-state index contributed by atoms with van der Waals surface area (Å²) in [7, 11) is 0. The van der Waals surface area contributed by atoms with Crippen LogP contribution in [0.25, 0.3) is 10.9 Å². The third-order valence-corrected chi connectivity index (χ3v) is 4.32. The van der Waals surface area contributed by atoms with Crippen LogP contribution in [0.3, 0.4) is 0 Å². The number of fused-ring (bicyclic) bond motifs is 1. The summed E-state index contributed by atoms with van der Waals surface area (Å²) in [4.78, 5) is 17.7. The molecule has 124 valence electrons. The Kier molecular flexibility index (Phi) is 5.31. The van der Waals surface area contributed by atoms with Crippen LogP contribution in [0.5, 0.6) is 0 Å². The van der Waals surface area contributed by atoms with Crippen molar-refractivity contribution in [2.75, 3.05) is 32.9 Å². The molecular formula is C18H24N2O3. The van der Waals surface area contributed by atoms with Crippen molar-refractivity contribution < 1.29 is 14.3 Å². The fraction of sp³-hybridized carbons (Fsp3) is 0.500. The summed E-state index contributed by atoms with van der Waals surface area (Å²) in [5.74, 6) is 0.106. The van der Waals surface area contributed by atoms with Crippen molar-refractivity contribution in [2.24, 2.45) is 0 Å². The molecule has 0 radical (unpaired) electrons. The van der Waals surface area contributed by atoms with E-state index in [9.17, 15) is 4.79 Å². The number of carbonyl (C=O) groups excluding carboxylic acids is 1. The number of hydrogen-bond acceptors (Lipinski definition) is 3. The number of rotatable bonds is 6. The first-order valence-electron chi connectivity index (χ1n) is 8.33. The first kappa shape index (κ1) is 16.0. The van der Waals surface area contributed by atoms with Gasteiger partial charge in [-0.3, -0.25) is 4.79 Å². The average Bonchev–Trinajstić information content (AvgIpc) is 3.06. The van der Waals surface area contributed by atoms with Gasteiger partial charge in [-0.05, 0) is 43.4 Å². The van der Waals surface area contributed by atoms with Crippen molar-refractivity contribution >= 4 is 16.8 Å². The molecule has 1 amide bonds. The van der Waals surface area contributed by atoms with E-state index < -0.39 is 0 Å². The Bertz CT molecular complexity index is 645. The van der Waals surface area contributed by atoms with Crippen LogP contribution in [0.1, 0.15) is 30.1 Å². The van der Waals surface area contributed by atoms with Crippen LogP contribution in [-0.2, 0) is 9.47 Å². The number of aromatic amines is 1. The molecule has 5 heteroatoms. The highest BCUT2D eigenvalue weighted by Gasteiger charge is 2.24. The lowest BCUT2D eigenvalue weighted by atomic mass is 10.1. The van der Waals surface area contributed by atoms with Crippen molar-refractivity contribution in [2.45, 2.75) is 25.9 Å². The second-order valence-corrected chi connectivity index (χ2v) is 5.84. The minimum Gasteiger partial charge on any atom is -0.379 e. The van der Waals surface area contributed by atoms with Crippen molar-refractivity contribution in [3.05, 3.63) is 36.0 Å². The number of amides is 1. The van der Waals surface area contributed by atoms with Gasteiger partial charge in [-0.2, -0.15) is 0 Å². The molecule has 2 aromatic rings. The number of hydrogen-bond donors (Lipinski definition) is 1. The molecular weight excluding hydrogens is 292 g/mol. The van der Waals surface area contributed by atoms with Crippen molar-refractivity contribution in [1.29, 1.82) is 0 Å². The minimum atomic E-state index is 0.106. The summed E-state index contributed by atoms with van der Waals surface area (Å²) < 4.78 is 11.1. The van der Waals surface area contributed by atoms with Gasteiger partial charge in [0.05, 0.1) is 19.3 Å². The number of nitrogens with zero attached hydrogens (tertiary/aromatic N) is 1.